The number of hydrogen-bond donors (Lipinski definition) is 0. The van der Waals surface area contributed by atoms with Gasteiger partial charge in [0.25, 0.3) is 0 Å². The van der Waals surface area contributed by atoms with E-state index in [1.54, 1.807) is 18.3 Å². The van der Waals surface area contributed by atoms with Crippen LogP contribution in [-0.4, -0.2) is 17.1 Å². The van der Waals surface area contributed by atoms with Crippen molar-refractivity contribution in [3.05, 3.63) is 52.8 Å². The zero-order valence-corrected chi connectivity index (χ0v) is 11.5. The Morgan fingerprint density at radius 2 is 2.16 bits per heavy atom. The number of aromatic nitrogens is 1. The number of esters is 1. The number of carbonyl (C=O) groups is 1. The van der Waals surface area contributed by atoms with Crippen LogP contribution in [0.1, 0.15) is 5.56 Å². The maximum atomic E-state index is 12.0. The largest absolute Gasteiger partial charge is 0.478 e. The number of halogens is 1. The van der Waals surface area contributed by atoms with E-state index in [4.69, 9.17) is 9.47 Å². The van der Waals surface area contributed by atoms with Gasteiger partial charge in [-0.2, -0.15) is 0 Å². The molecule has 0 bridgehead atoms. The minimum absolute atomic E-state index is 0.395. The third-order valence-electron chi connectivity index (χ3n) is 2.85. The lowest BCUT2D eigenvalue weighted by atomic mass is 10.1. The summed E-state index contributed by atoms with van der Waals surface area (Å²) < 4.78 is 11.4. The van der Waals surface area contributed by atoms with Gasteiger partial charge in [0, 0.05) is 12.6 Å². The average molecular weight is 320 g/mol. The molecule has 0 amide bonds. The molecule has 96 valence electrons. The number of rotatable bonds is 2. The Morgan fingerprint density at radius 3 is 2.95 bits per heavy atom. The lowest BCUT2D eigenvalue weighted by Crippen LogP contribution is -2.29. The first kappa shape index (κ1) is 12.2. The molecule has 1 aliphatic rings. The molecule has 2 aromatic rings. The Hall–Kier alpha value is -1.88. The molecule has 1 aromatic carbocycles. The minimum Gasteiger partial charge on any atom is -0.478 e. The molecular formula is C14H10BrNO3. The third kappa shape index (κ3) is 2.46. The fraction of sp³-hybridized carbons (Fsp3) is 0.143. The van der Waals surface area contributed by atoms with Crippen LogP contribution >= 0.6 is 15.9 Å². The van der Waals surface area contributed by atoms with Crippen molar-refractivity contribution in [2.24, 2.45) is 0 Å². The van der Waals surface area contributed by atoms with Gasteiger partial charge in [0.1, 0.15) is 10.4 Å². The minimum atomic E-state index is -0.593. The number of hydrogen-bond acceptors (Lipinski definition) is 4. The molecule has 5 heteroatoms. The van der Waals surface area contributed by atoms with Crippen molar-refractivity contribution >= 4 is 21.9 Å². The Labute approximate surface area is 118 Å². The highest BCUT2D eigenvalue weighted by Crippen LogP contribution is 2.29. The fourth-order valence-electron chi connectivity index (χ4n) is 1.94. The molecule has 4 nitrogen and oxygen atoms in total. The van der Waals surface area contributed by atoms with Gasteiger partial charge in [0.15, 0.2) is 11.9 Å². The third-order valence-corrected chi connectivity index (χ3v) is 3.44. The molecule has 1 aromatic heterocycles. The highest BCUT2D eigenvalue weighted by Gasteiger charge is 2.30. The van der Waals surface area contributed by atoms with Crippen LogP contribution in [-0.2, 0) is 11.2 Å². The van der Waals surface area contributed by atoms with Crippen LogP contribution in [0.4, 0.5) is 0 Å². The second-order valence-corrected chi connectivity index (χ2v) is 4.88. The fourth-order valence-corrected chi connectivity index (χ4v) is 2.27. The summed E-state index contributed by atoms with van der Waals surface area (Å²) in [5, 5.41) is 0. The van der Waals surface area contributed by atoms with E-state index in [0.717, 1.165) is 11.3 Å². The van der Waals surface area contributed by atoms with Crippen LogP contribution in [0.3, 0.4) is 0 Å². The summed E-state index contributed by atoms with van der Waals surface area (Å²) in [4.78, 5) is 16.0. The summed E-state index contributed by atoms with van der Waals surface area (Å²) in [5.74, 6) is 0.728. The maximum Gasteiger partial charge on any atom is 0.353 e. The second-order valence-electron chi connectivity index (χ2n) is 4.13. The number of fused-ring (bicyclic) bond motifs is 1. The van der Waals surface area contributed by atoms with E-state index >= 15 is 0 Å². The van der Waals surface area contributed by atoms with E-state index in [1.165, 1.54) is 0 Å². The summed E-state index contributed by atoms with van der Waals surface area (Å²) >= 11 is 3.23. The van der Waals surface area contributed by atoms with Crippen molar-refractivity contribution in [2.75, 3.05) is 0 Å². The molecule has 0 radical (unpaired) electrons. The Kier molecular flexibility index (Phi) is 3.21. The van der Waals surface area contributed by atoms with Crippen LogP contribution in [0.2, 0.25) is 0 Å². The van der Waals surface area contributed by atoms with Gasteiger partial charge in [0.2, 0.25) is 0 Å². The molecule has 3 rings (SSSR count). The monoisotopic (exact) mass is 319 g/mol. The van der Waals surface area contributed by atoms with Gasteiger partial charge in [-0.3, -0.25) is 0 Å². The molecule has 1 unspecified atom stereocenters. The predicted octanol–water partition coefficient (Wildman–Crippen LogP) is 2.75. The zero-order chi connectivity index (χ0) is 13.2. The molecular weight excluding hydrogens is 310 g/mol. The lowest BCUT2D eigenvalue weighted by molar-refractivity contribution is -0.141. The molecule has 0 aliphatic carbocycles. The summed E-state index contributed by atoms with van der Waals surface area (Å²) in [5.41, 5.74) is 1.02. The van der Waals surface area contributed by atoms with E-state index in [9.17, 15) is 4.79 Å². The molecule has 2 heterocycles. The highest BCUT2D eigenvalue weighted by atomic mass is 79.9. The highest BCUT2D eigenvalue weighted by molar-refractivity contribution is 9.10. The zero-order valence-electron chi connectivity index (χ0n) is 9.88. The number of benzene rings is 1. The number of pyridine rings is 1. The Morgan fingerprint density at radius 1 is 1.32 bits per heavy atom. The van der Waals surface area contributed by atoms with Crippen molar-refractivity contribution < 1.29 is 14.3 Å². The summed E-state index contributed by atoms with van der Waals surface area (Å²) in [6.45, 7) is 0. The van der Waals surface area contributed by atoms with Crippen LogP contribution in [0.15, 0.2) is 47.2 Å². The molecule has 0 spiro atoms. The van der Waals surface area contributed by atoms with Crippen molar-refractivity contribution in [1.82, 2.24) is 4.98 Å². The molecule has 0 saturated carbocycles. The van der Waals surface area contributed by atoms with Gasteiger partial charge in [-0.25, -0.2) is 9.78 Å². The van der Waals surface area contributed by atoms with Gasteiger partial charge in [-0.15, -0.1) is 0 Å². The van der Waals surface area contributed by atoms with Crippen molar-refractivity contribution in [3.8, 4) is 11.5 Å². The van der Waals surface area contributed by atoms with Gasteiger partial charge >= 0.3 is 5.97 Å². The van der Waals surface area contributed by atoms with Gasteiger partial charge in [0.05, 0.1) is 0 Å². The molecule has 1 atom stereocenters. The van der Waals surface area contributed by atoms with Crippen LogP contribution in [0.25, 0.3) is 0 Å². The first-order chi connectivity index (χ1) is 9.24. The molecule has 0 fully saturated rings. The molecule has 1 aliphatic heterocycles. The smallest absolute Gasteiger partial charge is 0.353 e. The quantitative estimate of drug-likeness (QED) is 0.631. The van der Waals surface area contributed by atoms with Crippen molar-refractivity contribution in [3.63, 3.8) is 0 Å². The van der Waals surface area contributed by atoms with Gasteiger partial charge in [-0.05, 0) is 39.7 Å². The van der Waals surface area contributed by atoms with E-state index < -0.39 is 12.1 Å². The summed E-state index contributed by atoms with van der Waals surface area (Å²) in [7, 11) is 0. The number of ether oxygens (including phenoxy) is 2. The van der Waals surface area contributed by atoms with Crippen molar-refractivity contribution in [2.45, 2.75) is 12.5 Å². The second kappa shape index (κ2) is 5.01. The average Bonchev–Trinajstić information content (AvgIpc) is 2.85. The lowest BCUT2D eigenvalue weighted by Gasteiger charge is -2.10. The number of carbonyl (C=O) groups excluding carboxylic acids is 1. The molecule has 0 saturated heterocycles. The SMILES string of the molecule is O=C(Oc1cccnc1Br)C1Cc2ccccc2O1. The van der Waals surface area contributed by atoms with Crippen molar-refractivity contribution in [1.29, 1.82) is 0 Å². The summed E-state index contributed by atoms with van der Waals surface area (Å²) in [6.07, 6.45) is 1.56. The van der Waals surface area contributed by atoms with Gasteiger partial charge < -0.3 is 9.47 Å². The topological polar surface area (TPSA) is 48.4 Å². The predicted molar refractivity (Wildman–Crippen MR) is 72.1 cm³/mol. The maximum absolute atomic E-state index is 12.0. The Balaban J connectivity index is 1.72. The molecule has 19 heavy (non-hydrogen) atoms. The standard InChI is InChI=1S/C14H10BrNO3/c15-13-11(6-3-7-16-13)19-14(17)12-8-9-4-1-2-5-10(9)18-12/h1-7,12H,8H2. The van der Waals surface area contributed by atoms with E-state index in [-0.39, 0.29) is 0 Å². The van der Waals surface area contributed by atoms with E-state index in [2.05, 4.69) is 20.9 Å². The van der Waals surface area contributed by atoms with E-state index in [1.807, 2.05) is 24.3 Å². The van der Waals surface area contributed by atoms with Crippen LogP contribution < -0.4 is 9.47 Å². The number of para-hydroxylation sites is 1. The Bertz CT molecular complexity index is 605. The van der Waals surface area contributed by atoms with Crippen LogP contribution in [0.5, 0.6) is 11.5 Å². The van der Waals surface area contributed by atoms with Gasteiger partial charge in [-0.1, -0.05) is 18.2 Å². The normalized spacial score (nSPS) is 16.6. The van der Waals surface area contributed by atoms with E-state index in [0.29, 0.717) is 16.8 Å². The number of nitrogens with zero attached hydrogens (tertiary/aromatic N) is 1. The first-order valence-corrected chi connectivity index (χ1v) is 6.60. The van der Waals surface area contributed by atoms with Crippen LogP contribution in [0, 0.1) is 0 Å². The molecule has 0 N–H and O–H groups in total. The summed E-state index contributed by atoms with van der Waals surface area (Å²) in [6, 6.07) is 11.0. The first-order valence-electron chi connectivity index (χ1n) is 5.81.